The molecule has 0 saturated carbocycles. The Morgan fingerprint density at radius 3 is 2.37 bits per heavy atom. The summed E-state index contributed by atoms with van der Waals surface area (Å²) in [4.78, 5) is 43.3. The van der Waals surface area contributed by atoms with Crippen molar-refractivity contribution in [3.8, 4) is 11.5 Å². The number of esters is 1. The number of halogens is 3. The number of benzene rings is 2. The Labute approximate surface area is 197 Å². The average Bonchev–Trinajstić information content (AvgIpc) is 3.12. The van der Waals surface area contributed by atoms with Gasteiger partial charge in [0, 0.05) is 18.3 Å². The predicted molar refractivity (Wildman–Crippen MR) is 117 cm³/mol. The second-order valence-electron chi connectivity index (χ2n) is 7.60. The quantitative estimate of drug-likeness (QED) is 0.315. The highest BCUT2D eigenvalue weighted by molar-refractivity contribution is 6.21. The first kappa shape index (κ1) is 23.7. The van der Waals surface area contributed by atoms with Gasteiger partial charge in [-0.2, -0.15) is 0 Å². The highest BCUT2D eigenvalue weighted by atomic mass is 19.4. The van der Waals surface area contributed by atoms with Crippen LogP contribution in [-0.4, -0.2) is 35.3 Å². The van der Waals surface area contributed by atoms with Crippen molar-refractivity contribution >= 4 is 23.6 Å². The van der Waals surface area contributed by atoms with Gasteiger partial charge in [0.2, 0.25) is 0 Å². The number of amides is 3. The van der Waals surface area contributed by atoms with Gasteiger partial charge in [0.25, 0.3) is 5.91 Å². The lowest BCUT2D eigenvalue weighted by Crippen LogP contribution is -2.35. The summed E-state index contributed by atoms with van der Waals surface area (Å²) < 4.78 is 46.4. The van der Waals surface area contributed by atoms with Gasteiger partial charge < -0.3 is 14.8 Å². The summed E-state index contributed by atoms with van der Waals surface area (Å²) in [5.41, 5.74) is 0.614. The smallest absolute Gasteiger partial charge is 0.423 e. The Kier molecular flexibility index (Phi) is 6.41. The molecule has 0 spiro atoms. The molecule has 11 heteroatoms. The van der Waals surface area contributed by atoms with Gasteiger partial charge in [-0.15, -0.1) is 13.2 Å². The van der Waals surface area contributed by atoms with Crippen LogP contribution in [0, 0.1) is 0 Å². The minimum Gasteiger partial charge on any atom is -0.423 e. The SMILES string of the molecule is CC(c1ccncc1C(=O)Oc1ccccc1)C1NC(=O)N(c2ccc(OC(F)(F)F)cc2)C1=O. The fourth-order valence-electron chi connectivity index (χ4n) is 3.68. The van der Waals surface area contributed by atoms with Gasteiger partial charge in [-0.05, 0) is 48.0 Å². The lowest BCUT2D eigenvalue weighted by Gasteiger charge is -2.20. The van der Waals surface area contributed by atoms with Crippen molar-refractivity contribution in [1.29, 1.82) is 0 Å². The van der Waals surface area contributed by atoms with Crippen LogP contribution in [0.1, 0.15) is 28.8 Å². The van der Waals surface area contributed by atoms with Crippen LogP contribution in [0.5, 0.6) is 11.5 Å². The highest BCUT2D eigenvalue weighted by Gasteiger charge is 2.43. The molecule has 0 bridgehead atoms. The number of carbonyl (C=O) groups excluding carboxylic acids is 3. The molecule has 3 amide bonds. The molecular weight excluding hydrogens is 467 g/mol. The van der Waals surface area contributed by atoms with Gasteiger partial charge in [0.1, 0.15) is 17.5 Å². The van der Waals surface area contributed by atoms with Crippen LogP contribution < -0.4 is 19.7 Å². The fourth-order valence-corrected chi connectivity index (χ4v) is 3.68. The Morgan fingerprint density at radius 1 is 1.03 bits per heavy atom. The maximum Gasteiger partial charge on any atom is 0.573 e. The first-order valence-electron chi connectivity index (χ1n) is 10.4. The average molecular weight is 485 g/mol. The zero-order valence-electron chi connectivity index (χ0n) is 18.2. The molecule has 8 nitrogen and oxygen atoms in total. The van der Waals surface area contributed by atoms with E-state index in [0.717, 1.165) is 17.0 Å². The van der Waals surface area contributed by atoms with E-state index < -0.39 is 42.0 Å². The van der Waals surface area contributed by atoms with Gasteiger partial charge in [-0.1, -0.05) is 25.1 Å². The largest absolute Gasteiger partial charge is 0.573 e. The summed E-state index contributed by atoms with van der Waals surface area (Å²) >= 11 is 0. The number of nitrogens with one attached hydrogen (secondary N) is 1. The zero-order chi connectivity index (χ0) is 25.2. The van der Waals surface area contributed by atoms with E-state index in [-0.39, 0.29) is 11.3 Å². The summed E-state index contributed by atoms with van der Waals surface area (Å²) in [6.07, 6.45) is -2.11. The van der Waals surface area contributed by atoms with Gasteiger partial charge >= 0.3 is 18.4 Å². The van der Waals surface area contributed by atoms with Crippen LogP contribution >= 0.6 is 0 Å². The third-order valence-electron chi connectivity index (χ3n) is 5.32. The first-order chi connectivity index (χ1) is 16.6. The first-order valence-corrected chi connectivity index (χ1v) is 10.4. The summed E-state index contributed by atoms with van der Waals surface area (Å²) in [5, 5.41) is 2.57. The van der Waals surface area contributed by atoms with E-state index in [1.165, 1.54) is 24.5 Å². The molecule has 1 aromatic heterocycles. The molecule has 1 saturated heterocycles. The molecular formula is C24H18F3N3O5. The predicted octanol–water partition coefficient (Wildman–Crippen LogP) is 4.43. The third kappa shape index (κ3) is 5.24. The summed E-state index contributed by atoms with van der Waals surface area (Å²) in [6.45, 7) is 1.65. The van der Waals surface area contributed by atoms with Crippen molar-refractivity contribution in [2.45, 2.75) is 25.2 Å². The van der Waals surface area contributed by atoms with Crippen molar-refractivity contribution in [2.24, 2.45) is 0 Å². The van der Waals surface area contributed by atoms with Gasteiger partial charge in [-0.3, -0.25) is 9.78 Å². The molecule has 0 radical (unpaired) electrons. The lowest BCUT2D eigenvalue weighted by molar-refractivity contribution is -0.274. The van der Waals surface area contributed by atoms with E-state index in [0.29, 0.717) is 11.3 Å². The standard InChI is InChI=1S/C24H18F3N3O5/c1-14(18-11-12-28-13-19(18)22(32)34-16-5-3-2-4-6-16)20-21(31)30(23(33)29-20)15-7-9-17(10-8-15)35-24(25,26)27/h2-14,20H,1H3,(H,29,33). The van der Waals surface area contributed by atoms with Gasteiger partial charge in [0.05, 0.1) is 11.3 Å². The molecule has 4 rings (SSSR count). The van der Waals surface area contributed by atoms with E-state index in [9.17, 15) is 27.6 Å². The summed E-state index contributed by atoms with van der Waals surface area (Å²) in [6, 6.07) is 12.5. The molecule has 1 fully saturated rings. The minimum atomic E-state index is -4.87. The van der Waals surface area contributed by atoms with Crippen LogP contribution in [0.3, 0.4) is 0 Å². The molecule has 2 aromatic carbocycles. The maximum atomic E-state index is 13.1. The van der Waals surface area contributed by atoms with Crippen LogP contribution in [0.2, 0.25) is 0 Å². The van der Waals surface area contributed by atoms with Crippen LogP contribution in [0.4, 0.5) is 23.7 Å². The Morgan fingerprint density at radius 2 is 1.71 bits per heavy atom. The second kappa shape index (κ2) is 9.45. The van der Waals surface area contributed by atoms with Crippen LogP contribution in [0.15, 0.2) is 73.1 Å². The molecule has 2 heterocycles. The number of ether oxygens (including phenoxy) is 2. The number of hydrogen-bond donors (Lipinski definition) is 1. The maximum absolute atomic E-state index is 13.1. The minimum absolute atomic E-state index is 0.0650. The van der Waals surface area contributed by atoms with E-state index >= 15 is 0 Å². The highest BCUT2D eigenvalue weighted by Crippen LogP contribution is 2.31. The number of pyridine rings is 1. The second-order valence-corrected chi connectivity index (χ2v) is 7.60. The van der Waals surface area contributed by atoms with Gasteiger partial charge in [0.15, 0.2) is 0 Å². The number of rotatable bonds is 6. The molecule has 180 valence electrons. The summed E-state index contributed by atoms with van der Waals surface area (Å²) in [5.74, 6) is -2.14. The number of anilines is 1. The normalized spacial score (nSPS) is 16.6. The molecule has 35 heavy (non-hydrogen) atoms. The van der Waals surface area contributed by atoms with Crippen LogP contribution in [-0.2, 0) is 4.79 Å². The zero-order valence-corrected chi connectivity index (χ0v) is 18.2. The number of para-hydroxylation sites is 1. The number of hydrogen-bond acceptors (Lipinski definition) is 6. The number of urea groups is 1. The lowest BCUT2D eigenvalue weighted by atomic mass is 9.90. The van der Waals surface area contributed by atoms with E-state index in [2.05, 4.69) is 15.0 Å². The fraction of sp³-hybridized carbons (Fsp3) is 0.167. The number of aromatic nitrogens is 1. The summed E-state index contributed by atoms with van der Waals surface area (Å²) in [7, 11) is 0. The van der Waals surface area contributed by atoms with Crippen LogP contribution in [0.25, 0.3) is 0 Å². The monoisotopic (exact) mass is 485 g/mol. The molecule has 2 atom stereocenters. The van der Waals surface area contributed by atoms with Crippen molar-refractivity contribution in [3.63, 3.8) is 0 Å². The van der Waals surface area contributed by atoms with E-state index in [4.69, 9.17) is 4.74 Å². The molecule has 3 aromatic rings. The Hall–Kier alpha value is -4.41. The molecule has 0 aliphatic carbocycles. The van der Waals surface area contributed by atoms with Crippen molar-refractivity contribution in [3.05, 3.63) is 84.2 Å². The number of imide groups is 1. The topological polar surface area (TPSA) is 97.8 Å². The third-order valence-corrected chi connectivity index (χ3v) is 5.32. The number of carbonyl (C=O) groups is 3. The Bertz CT molecular complexity index is 1250. The number of nitrogens with zero attached hydrogens (tertiary/aromatic N) is 2. The molecule has 2 unspecified atom stereocenters. The van der Waals surface area contributed by atoms with Crippen molar-refractivity contribution in [2.75, 3.05) is 4.90 Å². The van der Waals surface area contributed by atoms with E-state index in [1.54, 1.807) is 43.3 Å². The molecule has 1 aliphatic heterocycles. The molecule has 1 aliphatic rings. The van der Waals surface area contributed by atoms with Crippen molar-refractivity contribution < 1.29 is 37.0 Å². The van der Waals surface area contributed by atoms with Crippen molar-refractivity contribution in [1.82, 2.24) is 10.3 Å². The molecule has 1 N–H and O–H groups in total. The number of alkyl halides is 3. The van der Waals surface area contributed by atoms with E-state index in [1.807, 2.05) is 0 Å². The Balaban J connectivity index is 1.54. The van der Waals surface area contributed by atoms with Gasteiger partial charge in [-0.25, -0.2) is 14.5 Å².